The molecule has 4 aromatic rings. The molecule has 1 aromatic heterocycles. The molecule has 26 heavy (non-hydrogen) atoms. The third-order valence-corrected chi connectivity index (χ3v) is 7.11. The summed E-state index contributed by atoms with van der Waals surface area (Å²) in [5, 5.41) is 4.10. The Hall–Kier alpha value is -2.70. The average Bonchev–Trinajstić information content (AvgIpc) is 3.03. The van der Waals surface area contributed by atoms with E-state index in [1.54, 1.807) is 0 Å². The summed E-state index contributed by atoms with van der Waals surface area (Å²) in [6.45, 7) is 4.15. The molecule has 2 nitrogen and oxygen atoms in total. The summed E-state index contributed by atoms with van der Waals surface area (Å²) in [7, 11) is -0.555. The molecule has 0 bridgehead atoms. The molecule has 0 unspecified atom stereocenters. The summed E-state index contributed by atoms with van der Waals surface area (Å²) < 4.78 is 2.15. The Morgan fingerprint density at radius 1 is 0.654 bits per heavy atom. The van der Waals surface area contributed by atoms with Gasteiger partial charge in [-0.25, -0.2) is 4.98 Å². The molecule has 1 heterocycles. The molecule has 0 aliphatic heterocycles. The van der Waals surface area contributed by atoms with Gasteiger partial charge >= 0.3 is 0 Å². The maximum atomic E-state index is 4.41. The molecule has 0 aliphatic carbocycles. The normalized spacial score (nSPS) is 11.0. The molecule has 128 valence electrons. The van der Waals surface area contributed by atoms with Crippen LogP contribution in [0.1, 0.15) is 11.4 Å². The highest BCUT2D eigenvalue weighted by Crippen LogP contribution is 2.32. The lowest BCUT2D eigenvalue weighted by atomic mass is 10.3. The van der Waals surface area contributed by atoms with Crippen molar-refractivity contribution in [2.75, 3.05) is 0 Å². The zero-order valence-electron chi connectivity index (χ0n) is 15.0. The molecule has 0 radical (unpaired) electrons. The van der Waals surface area contributed by atoms with Gasteiger partial charge in [0, 0.05) is 11.4 Å². The van der Waals surface area contributed by atoms with Crippen molar-refractivity contribution in [3.8, 4) is 5.69 Å². The molecule has 4 rings (SSSR count). The van der Waals surface area contributed by atoms with Crippen molar-refractivity contribution in [3.63, 3.8) is 0 Å². The number of benzene rings is 3. The maximum Gasteiger partial charge on any atom is 0.0997 e. The third-order valence-electron chi connectivity index (χ3n) is 4.67. The smallest absolute Gasteiger partial charge is 0.0997 e. The lowest BCUT2D eigenvalue weighted by Gasteiger charge is -2.19. The average molecular weight is 356 g/mol. The van der Waals surface area contributed by atoms with Crippen LogP contribution >= 0.6 is 7.92 Å². The van der Waals surface area contributed by atoms with Crippen molar-refractivity contribution in [1.82, 2.24) is 9.55 Å². The molecule has 0 amide bonds. The summed E-state index contributed by atoms with van der Waals surface area (Å²) in [6, 6.07) is 30.5. The second-order valence-electron chi connectivity index (χ2n) is 6.31. The Morgan fingerprint density at radius 2 is 1.15 bits per heavy atom. The lowest BCUT2D eigenvalue weighted by molar-refractivity contribution is 1.00. The Kier molecular flexibility index (Phi) is 4.69. The summed E-state index contributed by atoms with van der Waals surface area (Å²) in [6.07, 6.45) is 1.90. The van der Waals surface area contributed by atoms with Gasteiger partial charge in [-0.15, -0.1) is 0 Å². The molecule has 3 heteroatoms. The van der Waals surface area contributed by atoms with Crippen LogP contribution in [0.5, 0.6) is 0 Å². The molecular formula is C23H21N2P. The van der Waals surface area contributed by atoms with Crippen LogP contribution < -0.4 is 15.9 Å². The Bertz CT molecular complexity index is 950. The van der Waals surface area contributed by atoms with Gasteiger partial charge in [0.15, 0.2) is 0 Å². The maximum absolute atomic E-state index is 4.41. The summed E-state index contributed by atoms with van der Waals surface area (Å²) >= 11 is 0. The molecule has 3 aromatic carbocycles. The van der Waals surface area contributed by atoms with E-state index in [1.807, 2.05) is 13.3 Å². The van der Waals surface area contributed by atoms with Gasteiger partial charge in [-0.1, -0.05) is 72.8 Å². The zero-order chi connectivity index (χ0) is 17.9. The number of aromatic nitrogens is 2. The van der Waals surface area contributed by atoms with Crippen LogP contribution in [0.3, 0.4) is 0 Å². The van der Waals surface area contributed by atoms with E-state index in [0.717, 1.165) is 11.4 Å². The first-order valence-corrected chi connectivity index (χ1v) is 10.1. The molecule has 0 aliphatic rings. The number of hydrogen-bond donors (Lipinski definition) is 0. The molecule has 0 atom stereocenters. The number of rotatable bonds is 4. The van der Waals surface area contributed by atoms with Crippen LogP contribution in [-0.2, 0) is 0 Å². The van der Waals surface area contributed by atoms with E-state index in [1.165, 1.54) is 21.6 Å². The second kappa shape index (κ2) is 7.27. The van der Waals surface area contributed by atoms with Gasteiger partial charge in [0.05, 0.1) is 12.0 Å². The van der Waals surface area contributed by atoms with Crippen LogP contribution in [-0.4, -0.2) is 9.55 Å². The highest BCUT2D eigenvalue weighted by Gasteiger charge is 2.16. The van der Waals surface area contributed by atoms with Crippen LogP contribution in [0.4, 0.5) is 0 Å². The topological polar surface area (TPSA) is 17.8 Å². The highest BCUT2D eigenvalue weighted by molar-refractivity contribution is 7.79. The van der Waals surface area contributed by atoms with Crippen LogP contribution in [0.15, 0.2) is 91.3 Å². The fourth-order valence-corrected chi connectivity index (χ4v) is 5.40. The van der Waals surface area contributed by atoms with E-state index in [4.69, 9.17) is 0 Å². The van der Waals surface area contributed by atoms with Gasteiger partial charge < -0.3 is 4.57 Å². The minimum Gasteiger partial charge on any atom is -0.303 e. The molecule has 0 spiro atoms. The van der Waals surface area contributed by atoms with Crippen molar-refractivity contribution in [3.05, 3.63) is 103 Å². The predicted molar refractivity (Wildman–Crippen MR) is 112 cm³/mol. The minimum atomic E-state index is -0.555. The quantitative estimate of drug-likeness (QED) is 0.500. The first-order valence-electron chi connectivity index (χ1n) is 8.75. The van der Waals surface area contributed by atoms with E-state index < -0.39 is 7.92 Å². The zero-order valence-corrected chi connectivity index (χ0v) is 15.9. The third kappa shape index (κ3) is 3.21. The molecular weight excluding hydrogens is 335 g/mol. The number of aryl methyl sites for hydroxylation is 1. The molecule has 0 saturated heterocycles. The van der Waals surface area contributed by atoms with E-state index in [0.29, 0.717) is 0 Å². The largest absolute Gasteiger partial charge is 0.303 e. The summed E-state index contributed by atoms with van der Waals surface area (Å²) in [5.41, 5.74) is 3.42. The first kappa shape index (κ1) is 16.8. The fraction of sp³-hybridized carbons (Fsp3) is 0.0870. The first-order chi connectivity index (χ1) is 12.7. The highest BCUT2D eigenvalue weighted by atomic mass is 31.1. The van der Waals surface area contributed by atoms with Crippen molar-refractivity contribution < 1.29 is 0 Å². The van der Waals surface area contributed by atoms with E-state index in [2.05, 4.69) is 101 Å². The number of imidazole rings is 1. The summed E-state index contributed by atoms with van der Waals surface area (Å²) in [5.74, 6) is 0. The Morgan fingerprint density at radius 3 is 1.62 bits per heavy atom. The Balaban J connectivity index is 1.76. The molecule has 0 fully saturated rings. The lowest BCUT2D eigenvalue weighted by Crippen LogP contribution is -2.20. The molecule has 0 saturated carbocycles. The second-order valence-corrected chi connectivity index (χ2v) is 8.53. The van der Waals surface area contributed by atoms with E-state index in [9.17, 15) is 0 Å². The minimum absolute atomic E-state index is 0.555. The van der Waals surface area contributed by atoms with E-state index >= 15 is 0 Å². The van der Waals surface area contributed by atoms with Crippen LogP contribution in [0.2, 0.25) is 0 Å². The fourth-order valence-electron chi connectivity index (χ4n) is 3.12. The van der Waals surface area contributed by atoms with Gasteiger partial charge in [0.2, 0.25) is 0 Å². The molecule has 0 N–H and O–H groups in total. The van der Waals surface area contributed by atoms with E-state index in [-0.39, 0.29) is 0 Å². The summed E-state index contributed by atoms with van der Waals surface area (Å²) in [4.78, 5) is 4.41. The predicted octanol–water partition coefficient (Wildman–Crippen LogP) is 4.25. The van der Waals surface area contributed by atoms with Gasteiger partial charge in [-0.2, -0.15) is 0 Å². The SMILES string of the molecule is Cc1ncn(-c2ccc(P(c3ccccc3)c3ccccc3)cc2)c1C. The van der Waals surface area contributed by atoms with Crippen molar-refractivity contribution in [1.29, 1.82) is 0 Å². The van der Waals surface area contributed by atoms with Crippen molar-refractivity contribution >= 4 is 23.8 Å². The standard InChI is InChI=1S/C23H21N2P/c1-18-19(2)25(17-24-18)20-13-15-23(16-14-20)26(21-9-5-3-6-10-21)22-11-7-4-8-12-22/h3-17H,1-2H3. The van der Waals surface area contributed by atoms with Gasteiger partial charge in [-0.3, -0.25) is 0 Å². The monoisotopic (exact) mass is 356 g/mol. The van der Waals surface area contributed by atoms with Gasteiger partial charge in [-0.05, 0) is 49.8 Å². The van der Waals surface area contributed by atoms with Crippen molar-refractivity contribution in [2.45, 2.75) is 13.8 Å². The van der Waals surface area contributed by atoms with Gasteiger partial charge in [0.25, 0.3) is 0 Å². The van der Waals surface area contributed by atoms with Crippen molar-refractivity contribution in [2.24, 2.45) is 0 Å². The van der Waals surface area contributed by atoms with Crippen LogP contribution in [0.25, 0.3) is 5.69 Å². The Labute approximate surface area is 155 Å². The number of hydrogen-bond acceptors (Lipinski definition) is 1. The number of nitrogens with zero attached hydrogens (tertiary/aromatic N) is 2. The van der Waals surface area contributed by atoms with Gasteiger partial charge in [0.1, 0.15) is 0 Å². The van der Waals surface area contributed by atoms with Crippen LogP contribution in [0, 0.1) is 13.8 Å².